The van der Waals surface area contributed by atoms with Crippen LogP contribution in [-0.2, 0) is 9.59 Å². The molecule has 0 unspecified atom stereocenters. The Morgan fingerprint density at radius 1 is 1.12 bits per heavy atom. The van der Waals surface area contributed by atoms with Gasteiger partial charge in [-0.25, -0.2) is 4.98 Å². The van der Waals surface area contributed by atoms with Crippen LogP contribution in [0.5, 0.6) is 0 Å². The second-order valence-electron chi connectivity index (χ2n) is 6.86. The second kappa shape index (κ2) is 5.78. The zero-order chi connectivity index (χ0) is 17.0. The van der Waals surface area contributed by atoms with Gasteiger partial charge in [-0.15, -0.1) is 11.3 Å². The summed E-state index contributed by atoms with van der Waals surface area (Å²) in [4.78, 5) is 31.2. The zero-order valence-electron chi connectivity index (χ0n) is 13.6. The number of ketones is 2. The van der Waals surface area contributed by atoms with Crippen LogP contribution in [-0.4, -0.2) is 16.6 Å². The van der Waals surface area contributed by atoms with Gasteiger partial charge in [-0.05, 0) is 50.8 Å². The fourth-order valence-corrected chi connectivity index (χ4v) is 5.31. The van der Waals surface area contributed by atoms with Crippen molar-refractivity contribution in [2.75, 3.05) is 0 Å². The van der Waals surface area contributed by atoms with E-state index < -0.39 is 5.92 Å². The topological polar surface area (TPSA) is 47.0 Å². The normalized spacial score (nSPS) is 26.2. The second-order valence-corrected chi connectivity index (χ2v) is 8.50. The van der Waals surface area contributed by atoms with Gasteiger partial charge >= 0.3 is 0 Å². The lowest BCUT2D eigenvalue weighted by atomic mass is 9.77. The number of fused-ring (bicyclic) bond motifs is 2. The van der Waals surface area contributed by atoms with E-state index in [1.165, 1.54) is 0 Å². The fourth-order valence-electron chi connectivity index (χ4n) is 4.04. The molecule has 5 heteroatoms. The molecule has 2 aliphatic carbocycles. The number of benzene rings is 1. The van der Waals surface area contributed by atoms with Crippen LogP contribution in [0.15, 0.2) is 18.2 Å². The van der Waals surface area contributed by atoms with Crippen LogP contribution in [0.4, 0.5) is 0 Å². The SMILES string of the molecule is Cc1cc(Cl)ccc1-c1nc(C2C(=O)[C@H]3CC[C@@H](C3)C2=O)c(C)s1. The molecule has 3 nitrogen and oxygen atoms in total. The molecule has 124 valence electrons. The number of nitrogens with zero attached hydrogens (tertiary/aromatic N) is 1. The summed E-state index contributed by atoms with van der Waals surface area (Å²) < 4.78 is 0. The van der Waals surface area contributed by atoms with Crippen LogP contribution in [0.2, 0.25) is 5.02 Å². The van der Waals surface area contributed by atoms with Crippen molar-refractivity contribution in [2.24, 2.45) is 11.8 Å². The van der Waals surface area contributed by atoms with Crippen molar-refractivity contribution >= 4 is 34.5 Å². The van der Waals surface area contributed by atoms with Gasteiger partial charge in [0.2, 0.25) is 0 Å². The molecular formula is C19H18ClNO2S. The number of hydrogen-bond acceptors (Lipinski definition) is 4. The van der Waals surface area contributed by atoms with E-state index in [-0.39, 0.29) is 23.4 Å². The molecule has 0 amide bonds. The number of thiazole rings is 1. The van der Waals surface area contributed by atoms with Crippen LogP contribution in [0.25, 0.3) is 10.6 Å². The lowest BCUT2D eigenvalue weighted by Gasteiger charge is -2.24. The highest BCUT2D eigenvalue weighted by molar-refractivity contribution is 7.15. The molecule has 0 saturated heterocycles. The molecule has 0 radical (unpaired) electrons. The van der Waals surface area contributed by atoms with Crippen LogP contribution < -0.4 is 0 Å². The van der Waals surface area contributed by atoms with Crippen molar-refractivity contribution in [1.29, 1.82) is 0 Å². The van der Waals surface area contributed by atoms with E-state index in [0.717, 1.165) is 40.3 Å². The maximum atomic E-state index is 12.7. The van der Waals surface area contributed by atoms with Gasteiger partial charge in [-0.3, -0.25) is 9.59 Å². The van der Waals surface area contributed by atoms with Gasteiger partial charge in [0.15, 0.2) is 11.6 Å². The van der Waals surface area contributed by atoms with E-state index in [2.05, 4.69) is 0 Å². The summed E-state index contributed by atoms with van der Waals surface area (Å²) in [6, 6.07) is 5.70. The highest BCUT2D eigenvalue weighted by Gasteiger charge is 2.48. The summed E-state index contributed by atoms with van der Waals surface area (Å²) in [6.07, 6.45) is 2.47. The van der Waals surface area contributed by atoms with Crippen LogP contribution in [0.1, 0.15) is 41.3 Å². The number of carbonyl (C=O) groups is 2. The summed E-state index contributed by atoms with van der Waals surface area (Å²) in [5.41, 5.74) is 2.73. The Balaban J connectivity index is 1.76. The van der Waals surface area contributed by atoms with Crippen molar-refractivity contribution in [3.05, 3.63) is 39.4 Å². The summed E-state index contributed by atoms with van der Waals surface area (Å²) in [7, 11) is 0. The Kier molecular flexibility index (Phi) is 3.85. The maximum Gasteiger partial charge on any atom is 0.152 e. The fraction of sp³-hybridized carbons (Fsp3) is 0.421. The minimum absolute atomic E-state index is 0.0551. The molecule has 2 aliphatic rings. The van der Waals surface area contributed by atoms with Gasteiger partial charge in [0.05, 0.1) is 5.69 Å². The number of carbonyl (C=O) groups excluding carboxylic acids is 2. The Bertz CT molecular complexity index is 835. The summed E-state index contributed by atoms with van der Waals surface area (Å²) >= 11 is 7.58. The number of rotatable bonds is 2. The van der Waals surface area contributed by atoms with Crippen molar-refractivity contribution in [3.8, 4) is 10.6 Å². The smallest absolute Gasteiger partial charge is 0.152 e. The quantitative estimate of drug-likeness (QED) is 0.728. The number of halogens is 1. The predicted molar refractivity (Wildman–Crippen MR) is 95.6 cm³/mol. The number of aryl methyl sites for hydroxylation is 2. The molecule has 0 N–H and O–H groups in total. The molecule has 4 rings (SSSR count). The highest BCUT2D eigenvalue weighted by Crippen LogP contribution is 2.45. The first kappa shape index (κ1) is 16.0. The first-order chi connectivity index (χ1) is 11.5. The van der Waals surface area contributed by atoms with Gasteiger partial charge in [0.25, 0.3) is 0 Å². The van der Waals surface area contributed by atoms with E-state index in [1.807, 2.05) is 32.0 Å². The van der Waals surface area contributed by atoms with Crippen molar-refractivity contribution in [2.45, 2.75) is 39.0 Å². The molecule has 1 heterocycles. The molecule has 2 atom stereocenters. The molecule has 2 bridgehead atoms. The monoisotopic (exact) mass is 359 g/mol. The molecule has 24 heavy (non-hydrogen) atoms. The lowest BCUT2D eigenvalue weighted by molar-refractivity contribution is -0.136. The van der Waals surface area contributed by atoms with Crippen molar-refractivity contribution in [3.63, 3.8) is 0 Å². The average molecular weight is 360 g/mol. The average Bonchev–Trinajstić information content (AvgIpc) is 3.12. The molecular weight excluding hydrogens is 342 g/mol. The lowest BCUT2D eigenvalue weighted by Crippen LogP contribution is -2.35. The minimum Gasteiger partial charge on any atom is -0.298 e. The predicted octanol–water partition coefficient (Wildman–Crippen LogP) is 4.73. The zero-order valence-corrected chi connectivity index (χ0v) is 15.2. The van der Waals surface area contributed by atoms with E-state index in [0.29, 0.717) is 10.7 Å². The highest BCUT2D eigenvalue weighted by atomic mass is 35.5. The van der Waals surface area contributed by atoms with Crippen LogP contribution >= 0.6 is 22.9 Å². The van der Waals surface area contributed by atoms with Gasteiger partial charge in [-0.2, -0.15) is 0 Å². The van der Waals surface area contributed by atoms with Gasteiger partial charge in [0.1, 0.15) is 10.9 Å². The third-order valence-electron chi connectivity index (χ3n) is 5.33. The summed E-state index contributed by atoms with van der Waals surface area (Å²) in [5.74, 6) is -0.365. The van der Waals surface area contributed by atoms with Gasteiger partial charge in [-0.1, -0.05) is 17.7 Å². The van der Waals surface area contributed by atoms with Crippen molar-refractivity contribution in [1.82, 2.24) is 4.98 Å². The van der Waals surface area contributed by atoms with Crippen LogP contribution in [0.3, 0.4) is 0 Å². The van der Waals surface area contributed by atoms with E-state index in [1.54, 1.807) is 11.3 Å². The Hall–Kier alpha value is -1.52. The molecule has 2 fully saturated rings. The Morgan fingerprint density at radius 2 is 1.79 bits per heavy atom. The standard InChI is InChI=1S/C19H18ClNO2S/c1-9-7-13(20)5-6-14(9)19-21-16(10(2)24-19)15-17(22)11-3-4-12(8-11)18(15)23/h5-7,11-12,15H,3-4,8H2,1-2H3/t11-,12-/m0/s1. The summed E-state index contributed by atoms with van der Waals surface area (Å²) in [5, 5.41) is 1.55. The van der Waals surface area contributed by atoms with E-state index in [4.69, 9.17) is 16.6 Å². The third kappa shape index (κ3) is 2.44. The maximum absolute atomic E-state index is 12.7. The first-order valence-corrected chi connectivity index (χ1v) is 9.46. The van der Waals surface area contributed by atoms with Gasteiger partial charge in [0, 0.05) is 27.3 Å². The molecule has 0 aliphatic heterocycles. The molecule has 0 spiro atoms. The molecule has 1 aromatic carbocycles. The molecule has 1 aromatic heterocycles. The Morgan fingerprint density at radius 3 is 2.42 bits per heavy atom. The van der Waals surface area contributed by atoms with E-state index in [9.17, 15) is 9.59 Å². The van der Waals surface area contributed by atoms with Gasteiger partial charge < -0.3 is 0 Å². The van der Waals surface area contributed by atoms with E-state index >= 15 is 0 Å². The number of aromatic nitrogens is 1. The summed E-state index contributed by atoms with van der Waals surface area (Å²) in [6.45, 7) is 3.95. The Labute approximate surface area is 150 Å². The molecule has 2 aromatic rings. The largest absolute Gasteiger partial charge is 0.298 e. The minimum atomic E-state index is -0.645. The number of Topliss-reactive ketones (excluding diaryl/α,β-unsaturated/α-hetero) is 2. The third-order valence-corrected chi connectivity index (χ3v) is 6.59. The number of hydrogen-bond donors (Lipinski definition) is 0. The van der Waals surface area contributed by atoms with Crippen molar-refractivity contribution < 1.29 is 9.59 Å². The van der Waals surface area contributed by atoms with Crippen LogP contribution in [0, 0.1) is 25.7 Å². The molecule has 2 saturated carbocycles. The first-order valence-electron chi connectivity index (χ1n) is 8.27.